The van der Waals surface area contributed by atoms with E-state index in [0.29, 0.717) is 16.9 Å². The smallest absolute Gasteiger partial charge is 0.303 e. The van der Waals surface area contributed by atoms with Crippen LogP contribution in [0.2, 0.25) is 0 Å². The standard InChI is InChI=1S/C34H36F3N7O9S/c1-16(45)38-21-7-5-6-19(8-21)24-11-43(41-39-24)26-13-50-15-28(31(26)48)54-34-33(49-4)30(32(52-18(3)47)27(53-34)14-51-17(2)46)44-12-25(40-42-44)20-9-22(35)29(37)23(36)10-20/h5-12,26-28,30-34,48H,13-15H2,1-4H3,(H,38,45). The van der Waals surface area contributed by atoms with Crippen molar-refractivity contribution < 1.29 is 56.3 Å². The lowest BCUT2D eigenvalue weighted by atomic mass is 9.96. The fraction of sp³-hybridized carbons (Fsp3) is 0.441. The maximum Gasteiger partial charge on any atom is 0.303 e. The Morgan fingerprint density at radius 2 is 1.63 bits per heavy atom. The van der Waals surface area contributed by atoms with Crippen molar-refractivity contribution in [1.29, 1.82) is 0 Å². The summed E-state index contributed by atoms with van der Waals surface area (Å²) in [4.78, 5) is 35.8. The lowest BCUT2D eigenvalue weighted by Gasteiger charge is -2.46. The van der Waals surface area contributed by atoms with Crippen molar-refractivity contribution in [3.63, 3.8) is 0 Å². The summed E-state index contributed by atoms with van der Waals surface area (Å²) in [7, 11) is 1.38. The second-order valence-corrected chi connectivity index (χ2v) is 13.9. The van der Waals surface area contributed by atoms with Crippen LogP contribution in [0.15, 0.2) is 48.8 Å². The van der Waals surface area contributed by atoms with Crippen molar-refractivity contribution >= 4 is 35.3 Å². The summed E-state index contributed by atoms with van der Waals surface area (Å²) in [6.45, 7) is 3.60. The average Bonchev–Trinajstić information content (AvgIpc) is 3.82. The first kappa shape index (κ1) is 38.8. The highest BCUT2D eigenvalue weighted by molar-refractivity contribution is 8.00. The second-order valence-electron chi connectivity index (χ2n) is 12.6. The van der Waals surface area contributed by atoms with Crippen molar-refractivity contribution in [3.05, 3.63) is 66.2 Å². The number of halogens is 3. The van der Waals surface area contributed by atoms with E-state index < -0.39 is 76.6 Å². The number of amides is 1. The minimum atomic E-state index is -1.65. The molecule has 0 radical (unpaired) electrons. The van der Waals surface area contributed by atoms with Gasteiger partial charge in [0.15, 0.2) is 23.6 Å². The van der Waals surface area contributed by atoms with Gasteiger partial charge in [0.05, 0.1) is 37.0 Å². The van der Waals surface area contributed by atoms with Crippen LogP contribution in [0.5, 0.6) is 0 Å². The normalized spacial score (nSPS) is 25.6. The van der Waals surface area contributed by atoms with Gasteiger partial charge in [-0.2, -0.15) is 0 Å². The van der Waals surface area contributed by atoms with Crippen LogP contribution in [0.3, 0.4) is 0 Å². The number of hydrogen-bond donors (Lipinski definition) is 2. The van der Waals surface area contributed by atoms with Gasteiger partial charge in [-0.25, -0.2) is 22.5 Å². The largest absolute Gasteiger partial charge is 0.463 e. The van der Waals surface area contributed by atoms with Crippen LogP contribution in [0.1, 0.15) is 32.9 Å². The first-order valence-electron chi connectivity index (χ1n) is 16.6. The quantitative estimate of drug-likeness (QED) is 0.167. The topological polar surface area (TPSA) is 191 Å². The number of aliphatic hydroxyl groups is 1. The van der Waals surface area contributed by atoms with Gasteiger partial charge in [-0.15, -0.1) is 22.0 Å². The van der Waals surface area contributed by atoms with Gasteiger partial charge in [-0.05, 0) is 24.3 Å². The molecule has 20 heteroatoms. The number of thioether (sulfide) groups is 1. The number of nitrogens with zero attached hydrogens (tertiary/aromatic N) is 6. The minimum absolute atomic E-state index is 0.0375. The highest BCUT2D eigenvalue weighted by Gasteiger charge is 2.52. The predicted molar refractivity (Wildman–Crippen MR) is 183 cm³/mol. The summed E-state index contributed by atoms with van der Waals surface area (Å²) in [5.41, 5.74) is 0.644. The number of rotatable bonds is 11. The van der Waals surface area contributed by atoms with E-state index in [-0.39, 0.29) is 37.0 Å². The van der Waals surface area contributed by atoms with E-state index in [2.05, 4.69) is 25.9 Å². The van der Waals surface area contributed by atoms with E-state index in [0.717, 1.165) is 23.9 Å². The van der Waals surface area contributed by atoms with Gasteiger partial charge >= 0.3 is 11.9 Å². The molecule has 2 aliphatic rings. The number of benzene rings is 2. The third kappa shape index (κ3) is 8.57. The number of carbonyl (C=O) groups is 3. The van der Waals surface area contributed by atoms with Gasteiger partial charge in [0, 0.05) is 44.7 Å². The molecule has 0 spiro atoms. The maximum absolute atomic E-state index is 14.1. The molecule has 4 heterocycles. The molecule has 4 aromatic rings. The van der Waals surface area contributed by atoms with Gasteiger partial charge in [-0.1, -0.05) is 22.6 Å². The van der Waals surface area contributed by atoms with Crippen LogP contribution in [0, 0.1) is 17.5 Å². The van der Waals surface area contributed by atoms with E-state index in [9.17, 15) is 32.7 Å². The molecule has 0 bridgehead atoms. The van der Waals surface area contributed by atoms with E-state index in [4.69, 9.17) is 23.7 Å². The van der Waals surface area contributed by atoms with Crippen LogP contribution in [0.25, 0.3) is 22.5 Å². The number of nitrogens with one attached hydrogen (secondary N) is 1. The Hall–Kier alpha value is -4.89. The molecule has 2 aliphatic heterocycles. The van der Waals surface area contributed by atoms with Crippen LogP contribution >= 0.6 is 11.8 Å². The Morgan fingerprint density at radius 1 is 0.944 bits per heavy atom. The molecule has 16 nitrogen and oxygen atoms in total. The Bertz CT molecular complexity index is 1980. The van der Waals surface area contributed by atoms with Crippen molar-refractivity contribution in [3.8, 4) is 22.5 Å². The van der Waals surface area contributed by atoms with Gasteiger partial charge in [0.25, 0.3) is 0 Å². The molecule has 2 N–H and O–H groups in total. The van der Waals surface area contributed by atoms with Gasteiger partial charge < -0.3 is 34.1 Å². The number of carbonyl (C=O) groups excluding carboxylic acids is 3. The molecule has 2 aromatic heterocycles. The van der Waals surface area contributed by atoms with Gasteiger partial charge in [-0.3, -0.25) is 14.4 Å². The summed E-state index contributed by atoms with van der Waals surface area (Å²) in [6.07, 6.45) is -1.38. The highest BCUT2D eigenvalue weighted by Crippen LogP contribution is 2.42. The molecule has 54 heavy (non-hydrogen) atoms. The first-order chi connectivity index (χ1) is 25.8. The van der Waals surface area contributed by atoms with E-state index in [1.807, 2.05) is 0 Å². The molecule has 2 saturated heterocycles. The van der Waals surface area contributed by atoms with Crippen molar-refractivity contribution in [2.24, 2.45) is 0 Å². The molecular formula is C34H36F3N7O9S. The zero-order valence-electron chi connectivity index (χ0n) is 29.3. The number of anilines is 1. The van der Waals surface area contributed by atoms with Crippen LogP contribution < -0.4 is 5.32 Å². The van der Waals surface area contributed by atoms with Crippen LogP contribution in [-0.2, 0) is 38.1 Å². The van der Waals surface area contributed by atoms with Gasteiger partial charge in [0.2, 0.25) is 5.91 Å². The monoisotopic (exact) mass is 775 g/mol. The third-order valence-electron chi connectivity index (χ3n) is 8.72. The number of aromatic nitrogens is 6. The Labute approximate surface area is 310 Å². The summed E-state index contributed by atoms with van der Waals surface area (Å²) in [5.74, 6) is -6.08. The van der Waals surface area contributed by atoms with E-state index in [1.54, 1.807) is 30.5 Å². The number of esters is 2. The molecule has 6 rings (SSSR count). The lowest BCUT2D eigenvalue weighted by Crippen LogP contribution is -2.58. The minimum Gasteiger partial charge on any atom is -0.463 e. The third-order valence-corrected chi connectivity index (χ3v) is 10.1. The van der Waals surface area contributed by atoms with E-state index >= 15 is 0 Å². The molecule has 2 aromatic carbocycles. The number of hydrogen-bond acceptors (Lipinski definition) is 14. The fourth-order valence-electron chi connectivity index (χ4n) is 6.29. The number of aliphatic hydroxyl groups excluding tert-OH is 1. The predicted octanol–water partition coefficient (Wildman–Crippen LogP) is 3.09. The van der Waals surface area contributed by atoms with Crippen LogP contribution in [0.4, 0.5) is 18.9 Å². The first-order valence-corrected chi connectivity index (χ1v) is 17.5. The zero-order valence-corrected chi connectivity index (χ0v) is 30.1. The zero-order chi connectivity index (χ0) is 38.7. The molecule has 8 atom stereocenters. The number of methoxy groups -OCH3 is 1. The molecule has 2 fully saturated rings. The highest BCUT2D eigenvalue weighted by atomic mass is 32.2. The maximum atomic E-state index is 14.1. The Balaban J connectivity index is 1.28. The lowest BCUT2D eigenvalue weighted by molar-refractivity contribution is -0.208. The fourth-order valence-corrected chi connectivity index (χ4v) is 7.79. The van der Waals surface area contributed by atoms with E-state index in [1.165, 1.54) is 43.4 Å². The second kappa shape index (κ2) is 16.6. The van der Waals surface area contributed by atoms with Crippen molar-refractivity contribution in [2.75, 3.05) is 32.2 Å². The summed E-state index contributed by atoms with van der Waals surface area (Å²) in [6, 6.07) is 6.85. The SMILES string of the molecule is COC1C(SC2COCC(n3cc(-c4cccc(NC(C)=O)c4)nn3)C2O)OC(COC(C)=O)C(OC(C)=O)C1n1cc(-c2cc(F)c(F)c(F)c2)nn1. The molecule has 1 amide bonds. The van der Waals surface area contributed by atoms with Crippen molar-refractivity contribution in [2.45, 2.75) is 68.0 Å². The molecule has 8 unspecified atom stereocenters. The summed E-state index contributed by atoms with van der Waals surface area (Å²) in [5, 5.41) is 30.5. The van der Waals surface area contributed by atoms with Crippen LogP contribution in [-0.4, -0.2) is 115 Å². The molecule has 0 aliphatic carbocycles. The summed E-state index contributed by atoms with van der Waals surface area (Å²) < 4.78 is 73.9. The Morgan fingerprint density at radius 3 is 2.30 bits per heavy atom. The molecule has 288 valence electrons. The Kier molecular flexibility index (Phi) is 12.0. The summed E-state index contributed by atoms with van der Waals surface area (Å²) >= 11 is 1.15. The number of ether oxygens (including phenoxy) is 5. The molecule has 0 saturated carbocycles. The average molecular weight is 776 g/mol. The van der Waals surface area contributed by atoms with Crippen molar-refractivity contribution in [1.82, 2.24) is 30.0 Å². The molecular weight excluding hydrogens is 739 g/mol. The van der Waals surface area contributed by atoms with Gasteiger partial charge in [0.1, 0.15) is 47.7 Å².